The Morgan fingerprint density at radius 3 is 2.82 bits per heavy atom. The van der Waals surface area contributed by atoms with Crippen LogP contribution in [0.2, 0.25) is 0 Å². The first-order valence-electron chi connectivity index (χ1n) is 13.2. The Hall–Kier alpha value is -3.78. The van der Waals surface area contributed by atoms with Crippen LogP contribution in [0.25, 0.3) is 10.2 Å². The van der Waals surface area contributed by atoms with E-state index in [1.165, 1.54) is 6.33 Å². The molecular weight excluding hydrogens is 502 g/mol. The Bertz CT molecular complexity index is 1620. The van der Waals surface area contributed by atoms with Crippen LogP contribution in [-0.2, 0) is 23.3 Å². The third-order valence-corrected chi connectivity index (χ3v) is 9.80. The molecule has 2 aliphatic heterocycles. The van der Waals surface area contributed by atoms with Gasteiger partial charge in [0.1, 0.15) is 34.0 Å². The number of anilines is 2. The molecule has 2 aliphatic carbocycles. The zero-order valence-corrected chi connectivity index (χ0v) is 21.9. The van der Waals surface area contributed by atoms with Crippen molar-refractivity contribution in [2.24, 2.45) is 11.8 Å². The second kappa shape index (κ2) is 8.36. The summed E-state index contributed by atoms with van der Waals surface area (Å²) in [5.74, 6) is 0.392. The van der Waals surface area contributed by atoms with Crippen LogP contribution in [0.3, 0.4) is 0 Å². The molecule has 0 aromatic carbocycles. The number of fused-ring (bicyclic) bond motifs is 5. The smallest absolute Gasteiger partial charge is 0.276 e. The standard InChI is InChI=1S/C27H27N7O3S/c1-14-8-18(26(37)34-21(14)23(35)32-27(34)6-2-3-7-27)31-22-20-17-5-4-16(25(36)33-11-15(10-28)12-33)9-19(17)38-24(20)30-13-29-22/h8,13,15-16H,2-7,9,11-12H2,1H3,(H,32,35)(H,29,30,31)/t16-/m0/s1. The van der Waals surface area contributed by atoms with Gasteiger partial charge < -0.3 is 15.5 Å². The number of hydrogen-bond acceptors (Lipinski definition) is 8. The van der Waals surface area contributed by atoms with Crippen LogP contribution in [0.4, 0.5) is 11.5 Å². The molecule has 4 aliphatic rings. The van der Waals surface area contributed by atoms with Crippen LogP contribution in [0.15, 0.2) is 17.2 Å². The molecule has 2 fully saturated rings. The molecule has 1 spiro atoms. The largest absolute Gasteiger partial charge is 0.340 e. The van der Waals surface area contributed by atoms with E-state index in [9.17, 15) is 14.4 Å². The fraction of sp³-hybridized carbons (Fsp3) is 0.481. The van der Waals surface area contributed by atoms with Gasteiger partial charge in [-0.2, -0.15) is 5.26 Å². The molecule has 10 nitrogen and oxygen atoms in total. The van der Waals surface area contributed by atoms with Crippen LogP contribution in [0, 0.1) is 30.1 Å². The summed E-state index contributed by atoms with van der Waals surface area (Å²) < 4.78 is 1.67. The molecular formula is C27H27N7O3S. The number of amides is 2. The van der Waals surface area contributed by atoms with Crippen molar-refractivity contribution in [1.82, 2.24) is 24.8 Å². The minimum atomic E-state index is -0.639. The molecule has 38 heavy (non-hydrogen) atoms. The molecule has 1 saturated carbocycles. The van der Waals surface area contributed by atoms with E-state index >= 15 is 0 Å². The van der Waals surface area contributed by atoms with Crippen molar-refractivity contribution in [1.29, 1.82) is 5.26 Å². The van der Waals surface area contributed by atoms with Crippen molar-refractivity contribution in [3.05, 3.63) is 44.4 Å². The average Bonchev–Trinajstić information content (AvgIpc) is 3.57. The maximum Gasteiger partial charge on any atom is 0.276 e. The number of carbonyl (C=O) groups is 2. The van der Waals surface area contributed by atoms with Crippen molar-refractivity contribution in [2.45, 2.75) is 57.5 Å². The molecule has 1 atom stereocenters. The Morgan fingerprint density at radius 1 is 1.26 bits per heavy atom. The molecule has 7 rings (SSSR count). The molecule has 0 bridgehead atoms. The van der Waals surface area contributed by atoms with E-state index in [4.69, 9.17) is 5.26 Å². The number of nitriles is 1. The van der Waals surface area contributed by atoms with Crippen LogP contribution < -0.4 is 16.2 Å². The van der Waals surface area contributed by atoms with E-state index in [-0.39, 0.29) is 29.2 Å². The van der Waals surface area contributed by atoms with Crippen LogP contribution in [0.5, 0.6) is 0 Å². The van der Waals surface area contributed by atoms with E-state index in [1.54, 1.807) is 26.9 Å². The van der Waals surface area contributed by atoms with E-state index in [1.807, 2.05) is 6.92 Å². The Labute approximate surface area is 222 Å². The highest BCUT2D eigenvalue weighted by atomic mass is 32.1. The fourth-order valence-electron chi connectivity index (χ4n) is 6.70. The first-order chi connectivity index (χ1) is 18.4. The number of nitrogens with zero attached hydrogens (tertiary/aromatic N) is 5. The van der Waals surface area contributed by atoms with Crippen LogP contribution in [-0.4, -0.2) is 44.3 Å². The van der Waals surface area contributed by atoms with Crippen molar-refractivity contribution in [3.8, 4) is 6.07 Å². The van der Waals surface area contributed by atoms with Gasteiger partial charge in [-0.05, 0) is 69.1 Å². The first-order valence-corrected chi connectivity index (χ1v) is 14.0. The van der Waals surface area contributed by atoms with Crippen molar-refractivity contribution < 1.29 is 9.59 Å². The van der Waals surface area contributed by atoms with Gasteiger partial charge in [-0.3, -0.25) is 19.0 Å². The van der Waals surface area contributed by atoms with Crippen molar-refractivity contribution in [2.75, 3.05) is 18.4 Å². The Morgan fingerprint density at radius 2 is 2.05 bits per heavy atom. The lowest BCUT2D eigenvalue weighted by Crippen LogP contribution is -2.52. The molecule has 1 saturated heterocycles. The molecule has 3 aromatic heterocycles. The van der Waals surface area contributed by atoms with Gasteiger partial charge in [0.05, 0.1) is 17.4 Å². The van der Waals surface area contributed by atoms with E-state index in [0.29, 0.717) is 36.7 Å². The highest BCUT2D eigenvalue weighted by Gasteiger charge is 2.46. The number of nitrogens with one attached hydrogen (secondary N) is 2. The van der Waals surface area contributed by atoms with Gasteiger partial charge in [0, 0.05) is 23.9 Å². The first kappa shape index (κ1) is 23.3. The van der Waals surface area contributed by atoms with Gasteiger partial charge in [0.25, 0.3) is 11.5 Å². The maximum absolute atomic E-state index is 13.8. The molecule has 2 amide bonds. The molecule has 0 radical (unpaired) electrons. The molecule has 2 N–H and O–H groups in total. The average molecular weight is 530 g/mol. The topological polar surface area (TPSA) is 133 Å². The zero-order chi connectivity index (χ0) is 26.2. The lowest BCUT2D eigenvalue weighted by Gasteiger charge is -2.38. The second-order valence-corrected chi connectivity index (χ2v) is 12.0. The van der Waals surface area contributed by atoms with Gasteiger partial charge >= 0.3 is 0 Å². The zero-order valence-electron chi connectivity index (χ0n) is 21.0. The summed E-state index contributed by atoms with van der Waals surface area (Å²) >= 11 is 1.58. The van der Waals surface area contributed by atoms with E-state index in [0.717, 1.165) is 64.7 Å². The van der Waals surface area contributed by atoms with Gasteiger partial charge in [0.15, 0.2) is 0 Å². The SMILES string of the molecule is Cc1cc(Nc2ncnc3sc4c(c23)CC[C@H](C(=O)N2CC(C#N)C2)C4)c(=O)n2c1C(=O)NC21CCCC1. The number of rotatable bonds is 3. The molecule has 0 unspecified atom stereocenters. The fourth-order valence-corrected chi connectivity index (χ4v) is 7.97. The molecule has 11 heteroatoms. The quantitative estimate of drug-likeness (QED) is 0.533. The predicted octanol–water partition coefficient (Wildman–Crippen LogP) is 2.96. The third-order valence-electron chi connectivity index (χ3n) is 8.63. The number of likely N-dealkylation sites (tertiary alicyclic amines) is 1. The monoisotopic (exact) mass is 529 g/mol. The number of aryl methyl sites for hydroxylation is 2. The predicted molar refractivity (Wildman–Crippen MR) is 141 cm³/mol. The van der Waals surface area contributed by atoms with Gasteiger partial charge in [-0.1, -0.05) is 0 Å². The molecule has 3 aromatic rings. The van der Waals surface area contributed by atoms with Gasteiger partial charge in [-0.25, -0.2) is 9.97 Å². The second-order valence-electron chi connectivity index (χ2n) is 11.0. The number of thiophene rings is 1. The highest BCUT2D eigenvalue weighted by molar-refractivity contribution is 7.19. The highest BCUT2D eigenvalue weighted by Crippen LogP contribution is 2.42. The maximum atomic E-state index is 13.8. The summed E-state index contributed by atoms with van der Waals surface area (Å²) in [5, 5.41) is 16.3. The van der Waals surface area contributed by atoms with E-state index in [2.05, 4.69) is 26.7 Å². The number of aromatic nitrogens is 3. The number of pyridine rings is 1. The summed E-state index contributed by atoms with van der Waals surface area (Å²) in [4.78, 5) is 52.3. The van der Waals surface area contributed by atoms with Gasteiger partial charge in [0.2, 0.25) is 5.91 Å². The summed E-state index contributed by atoms with van der Waals surface area (Å²) in [6.07, 6.45) is 7.05. The number of carbonyl (C=O) groups excluding carboxylic acids is 2. The normalized spacial score (nSPS) is 21.6. The minimum Gasteiger partial charge on any atom is -0.340 e. The lowest BCUT2D eigenvalue weighted by atomic mass is 9.85. The summed E-state index contributed by atoms with van der Waals surface area (Å²) in [5.41, 5.74) is 1.86. The Balaban J connectivity index is 1.23. The van der Waals surface area contributed by atoms with E-state index < -0.39 is 5.66 Å². The van der Waals surface area contributed by atoms with Crippen LogP contribution in [0.1, 0.15) is 58.6 Å². The number of hydrogen-bond donors (Lipinski definition) is 2. The molecule has 194 valence electrons. The van der Waals surface area contributed by atoms with Crippen LogP contribution >= 0.6 is 11.3 Å². The van der Waals surface area contributed by atoms with Crippen molar-refractivity contribution in [3.63, 3.8) is 0 Å². The summed E-state index contributed by atoms with van der Waals surface area (Å²) in [6, 6.07) is 3.97. The van der Waals surface area contributed by atoms with Gasteiger partial charge in [-0.15, -0.1) is 11.3 Å². The summed E-state index contributed by atoms with van der Waals surface area (Å²) in [7, 11) is 0. The third kappa shape index (κ3) is 3.32. The lowest BCUT2D eigenvalue weighted by molar-refractivity contribution is -0.141. The molecule has 5 heterocycles. The van der Waals surface area contributed by atoms with Crippen molar-refractivity contribution >= 4 is 44.9 Å². The minimum absolute atomic E-state index is 0.0456. The Kier molecular flexibility index (Phi) is 5.14. The summed E-state index contributed by atoms with van der Waals surface area (Å²) in [6.45, 7) is 2.92.